The van der Waals surface area contributed by atoms with Gasteiger partial charge in [0, 0.05) is 26.2 Å². The van der Waals surface area contributed by atoms with Crippen molar-refractivity contribution >= 4 is 0 Å². The van der Waals surface area contributed by atoms with Crippen molar-refractivity contribution in [2.24, 2.45) is 13.0 Å². The van der Waals surface area contributed by atoms with E-state index in [1.807, 2.05) is 24.0 Å². The minimum absolute atomic E-state index is 0.0732. The van der Waals surface area contributed by atoms with Crippen LogP contribution in [0.15, 0.2) is 17.1 Å². The van der Waals surface area contributed by atoms with Gasteiger partial charge < -0.3 is 0 Å². The van der Waals surface area contributed by atoms with Crippen LogP contribution >= 0.6 is 0 Å². The van der Waals surface area contributed by atoms with Crippen molar-refractivity contribution in [1.82, 2.24) is 29.7 Å². The van der Waals surface area contributed by atoms with Gasteiger partial charge in [-0.05, 0) is 63.1 Å². The number of aryl methyl sites for hydroxylation is 3. The van der Waals surface area contributed by atoms with Gasteiger partial charge in [-0.25, -0.2) is 4.68 Å². The predicted octanol–water partition coefficient (Wildman–Crippen LogP) is 1.16. The van der Waals surface area contributed by atoms with E-state index in [0.29, 0.717) is 5.92 Å². The Morgan fingerprint density at radius 2 is 2.00 bits per heavy atom. The Balaban J connectivity index is 1.36. The molecule has 2 aromatic rings. The Morgan fingerprint density at radius 1 is 1.20 bits per heavy atom. The lowest BCUT2D eigenvalue weighted by Crippen LogP contribution is -2.37. The zero-order chi connectivity index (χ0) is 17.2. The fraction of sp³-hybridized carbons (Fsp3) is 0.667. The minimum atomic E-state index is 0.0732. The van der Waals surface area contributed by atoms with Crippen molar-refractivity contribution in [1.29, 1.82) is 0 Å². The summed E-state index contributed by atoms with van der Waals surface area (Å²) < 4.78 is 3.55. The van der Waals surface area contributed by atoms with Gasteiger partial charge in [0.2, 0.25) is 0 Å². The molecule has 2 aliphatic rings. The van der Waals surface area contributed by atoms with Gasteiger partial charge in [-0.2, -0.15) is 5.10 Å². The van der Waals surface area contributed by atoms with Crippen LogP contribution in [0.4, 0.5) is 0 Å². The molecule has 25 heavy (non-hydrogen) atoms. The molecule has 134 valence electrons. The lowest BCUT2D eigenvalue weighted by Gasteiger charge is -2.31. The number of aromatic nitrogens is 5. The molecular weight excluding hydrogens is 316 g/mol. The van der Waals surface area contributed by atoms with Crippen molar-refractivity contribution < 1.29 is 0 Å². The van der Waals surface area contributed by atoms with Gasteiger partial charge in [0.1, 0.15) is 0 Å². The molecule has 4 rings (SSSR count). The highest BCUT2D eigenvalue weighted by Crippen LogP contribution is 2.21. The first-order valence-corrected chi connectivity index (χ1v) is 9.35. The van der Waals surface area contributed by atoms with Crippen LogP contribution in [0, 0.1) is 5.92 Å². The number of piperidine rings is 1. The molecule has 0 amide bonds. The van der Waals surface area contributed by atoms with E-state index in [-0.39, 0.29) is 5.56 Å². The number of fused-ring (bicyclic) bond motifs is 1. The Bertz CT molecular complexity index is 787. The Hall–Kier alpha value is -2.02. The second-order valence-electron chi connectivity index (χ2n) is 7.41. The number of rotatable bonds is 4. The van der Waals surface area contributed by atoms with E-state index in [4.69, 9.17) is 0 Å². The van der Waals surface area contributed by atoms with Crippen LogP contribution in [0.25, 0.3) is 0 Å². The monoisotopic (exact) mass is 342 g/mol. The van der Waals surface area contributed by atoms with Crippen LogP contribution in [0.5, 0.6) is 0 Å². The third-order valence-electron chi connectivity index (χ3n) is 5.61. The molecule has 0 spiro atoms. The highest BCUT2D eigenvalue weighted by molar-refractivity contribution is 5.20. The predicted molar refractivity (Wildman–Crippen MR) is 94.1 cm³/mol. The lowest BCUT2D eigenvalue weighted by atomic mass is 9.96. The normalized spacial score (nSPS) is 19.1. The third kappa shape index (κ3) is 3.66. The molecule has 0 atom stereocenters. The average molecular weight is 342 g/mol. The molecule has 3 heterocycles. The topological polar surface area (TPSA) is 68.8 Å². The first-order chi connectivity index (χ1) is 12.2. The molecule has 1 fully saturated rings. The second-order valence-corrected chi connectivity index (χ2v) is 7.41. The maximum atomic E-state index is 12.4. The van der Waals surface area contributed by atoms with Gasteiger partial charge in [-0.15, -0.1) is 5.10 Å². The summed E-state index contributed by atoms with van der Waals surface area (Å²) in [4.78, 5) is 14.8. The maximum absolute atomic E-state index is 12.4. The molecule has 1 aliphatic carbocycles. The first kappa shape index (κ1) is 16.4. The van der Waals surface area contributed by atoms with Gasteiger partial charge in [0.05, 0.1) is 17.6 Å². The fourth-order valence-corrected chi connectivity index (χ4v) is 3.99. The molecule has 7 nitrogen and oxygen atoms in total. The SMILES string of the molecule is Cn1nncc1CN1CCC(Cn2nc3c(cc2=O)CCCC3)CC1. The van der Waals surface area contributed by atoms with Crippen LogP contribution in [-0.4, -0.2) is 42.8 Å². The van der Waals surface area contributed by atoms with Gasteiger partial charge in [0.25, 0.3) is 5.56 Å². The number of nitrogens with zero attached hydrogens (tertiary/aromatic N) is 6. The highest BCUT2D eigenvalue weighted by Gasteiger charge is 2.22. The summed E-state index contributed by atoms with van der Waals surface area (Å²) in [5.41, 5.74) is 3.54. The summed E-state index contributed by atoms with van der Waals surface area (Å²) in [5, 5.41) is 12.6. The summed E-state index contributed by atoms with van der Waals surface area (Å²) in [5.74, 6) is 0.535. The molecule has 0 saturated carbocycles. The van der Waals surface area contributed by atoms with Gasteiger partial charge >= 0.3 is 0 Å². The largest absolute Gasteiger partial charge is 0.297 e. The molecule has 0 aromatic carbocycles. The smallest absolute Gasteiger partial charge is 0.267 e. The fourth-order valence-electron chi connectivity index (χ4n) is 3.99. The summed E-state index contributed by atoms with van der Waals surface area (Å²) in [6.07, 6.45) is 8.46. The van der Waals surface area contributed by atoms with E-state index >= 15 is 0 Å². The van der Waals surface area contributed by atoms with E-state index < -0.39 is 0 Å². The third-order valence-corrected chi connectivity index (χ3v) is 5.61. The standard InChI is InChI=1S/C18H26N6O/c1-22-16(11-19-21-22)13-23-8-6-14(7-9-23)12-24-18(25)10-15-4-2-3-5-17(15)20-24/h10-11,14H,2-9,12-13H2,1H3. The zero-order valence-electron chi connectivity index (χ0n) is 14.9. The molecule has 2 aromatic heterocycles. The average Bonchev–Trinajstić information content (AvgIpc) is 3.02. The van der Waals surface area contributed by atoms with Gasteiger partial charge in [0.15, 0.2) is 0 Å². The van der Waals surface area contributed by atoms with Gasteiger partial charge in [-0.3, -0.25) is 14.4 Å². The highest BCUT2D eigenvalue weighted by atomic mass is 16.1. The molecule has 1 saturated heterocycles. The Kier molecular flexibility index (Phi) is 4.65. The van der Waals surface area contributed by atoms with Crippen LogP contribution in [0.1, 0.15) is 42.6 Å². The van der Waals surface area contributed by atoms with Crippen molar-refractivity contribution in [2.45, 2.75) is 51.6 Å². The van der Waals surface area contributed by atoms with Crippen molar-refractivity contribution in [2.75, 3.05) is 13.1 Å². The van der Waals surface area contributed by atoms with E-state index in [2.05, 4.69) is 20.3 Å². The molecule has 0 radical (unpaired) electrons. The molecule has 0 N–H and O–H groups in total. The van der Waals surface area contributed by atoms with Crippen molar-refractivity contribution in [3.8, 4) is 0 Å². The molecule has 7 heteroatoms. The van der Waals surface area contributed by atoms with E-state index in [9.17, 15) is 4.79 Å². The van der Waals surface area contributed by atoms with Crippen LogP contribution in [0.2, 0.25) is 0 Å². The quantitative estimate of drug-likeness (QED) is 0.834. The lowest BCUT2D eigenvalue weighted by molar-refractivity contribution is 0.160. The first-order valence-electron chi connectivity index (χ1n) is 9.35. The molecular formula is C18H26N6O. The van der Waals surface area contributed by atoms with Crippen LogP contribution < -0.4 is 5.56 Å². The Labute approximate surface area is 147 Å². The summed E-state index contributed by atoms with van der Waals surface area (Å²) in [6.45, 7) is 3.76. The van der Waals surface area contributed by atoms with Crippen LogP contribution in [-0.2, 0) is 33.0 Å². The van der Waals surface area contributed by atoms with Crippen LogP contribution in [0.3, 0.4) is 0 Å². The van der Waals surface area contributed by atoms with E-state index in [1.54, 1.807) is 4.68 Å². The summed E-state index contributed by atoms with van der Waals surface area (Å²) in [6, 6.07) is 1.83. The van der Waals surface area contributed by atoms with E-state index in [0.717, 1.165) is 63.3 Å². The number of likely N-dealkylation sites (tertiary alicyclic amines) is 1. The number of hydrogen-bond donors (Lipinski definition) is 0. The van der Waals surface area contributed by atoms with Crippen molar-refractivity contribution in [3.05, 3.63) is 39.6 Å². The molecule has 0 unspecified atom stereocenters. The molecule has 0 bridgehead atoms. The Morgan fingerprint density at radius 3 is 2.76 bits per heavy atom. The summed E-state index contributed by atoms with van der Waals surface area (Å²) in [7, 11) is 1.93. The van der Waals surface area contributed by atoms with Crippen molar-refractivity contribution in [3.63, 3.8) is 0 Å². The minimum Gasteiger partial charge on any atom is -0.297 e. The second kappa shape index (κ2) is 7.07. The molecule has 1 aliphatic heterocycles. The van der Waals surface area contributed by atoms with Gasteiger partial charge in [-0.1, -0.05) is 5.21 Å². The zero-order valence-corrected chi connectivity index (χ0v) is 14.9. The number of hydrogen-bond acceptors (Lipinski definition) is 5. The summed E-state index contributed by atoms with van der Waals surface area (Å²) >= 11 is 0. The van der Waals surface area contributed by atoms with E-state index in [1.165, 1.54) is 18.4 Å². The maximum Gasteiger partial charge on any atom is 0.267 e.